The molecule has 0 heterocycles. The van der Waals surface area contributed by atoms with E-state index in [4.69, 9.17) is 12.6 Å². The molecule has 3 atom stereocenters. The van der Waals surface area contributed by atoms with E-state index < -0.39 is 56.7 Å². The van der Waals surface area contributed by atoms with Gasteiger partial charge in [-0.15, -0.1) is 12.6 Å². The Labute approximate surface area is 853 Å². The number of carbonyl (C=O) groups excluding carboxylic acids is 5. The van der Waals surface area contributed by atoms with E-state index in [2.05, 4.69) is 49.0 Å². The number of nitrogens with one attached hydrogen (secondary N) is 4. The fourth-order valence-electron chi connectivity index (χ4n) is 12.4. The van der Waals surface area contributed by atoms with Gasteiger partial charge in [0.2, 0.25) is 23.6 Å². The van der Waals surface area contributed by atoms with Crippen molar-refractivity contribution in [3.63, 3.8) is 0 Å². The van der Waals surface area contributed by atoms with Crippen LogP contribution in [-0.4, -0.2) is 275 Å². The first-order chi connectivity index (χ1) is 56.2. The van der Waals surface area contributed by atoms with Crippen molar-refractivity contribution in [1.82, 2.24) is 21.3 Å². The summed E-state index contributed by atoms with van der Waals surface area (Å²) in [6.07, 6.45) is 48.9. The summed E-state index contributed by atoms with van der Waals surface area (Å²) in [6.45, 7) is 20.9. The fourth-order valence-corrected chi connectivity index (χ4v) is 14.7. The summed E-state index contributed by atoms with van der Waals surface area (Å²) in [5.41, 5.74) is 0. The first-order valence-electron chi connectivity index (χ1n) is 45.9. The van der Waals surface area contributed by atoms with Crippen molar-refractivity contribution in [2.24, 2.45) is 0 Å². The molecule has 0 bridgehead atoms. The molecule has 0 radical (unpaired) electrons. The van der Waals surface area contributed by atoms with E-state index >= 15 is 0 Å². The largest absolute Gasteiger partial charge is 1.00 e. The van der Waals surface area contributed by atoms with Crippen LogP contribution in [0.25, 0.3) is 0 Å². The van der Waals surface area contributed by atoms with E-state index in [-0.39, 0.29) is 165 Å². The number of hydrogen-bond acceptors (Lipinski definition) is 22. The van der Waals surface area contributed by atoms with Crippen LogP contribution in [0.5, 0.6) is 0 Å². The first-order valence-corrected chi connectivity index (χ1v) is 51.3. The maximum atomic E-state index is 11.6. The predicted octanol–water partition coefficient (Wildman–Crippen LogP) is 3.27. The zero-order valence-corrected chi connectivity index (χ0v) is 94.4. The zero-order valence-electron chi connectivity index (χ0n) is 83.1. The molecule has 0 rings (SSSR count). The molecule has 9 N–H and O–H groups in total. The first kappa shape index (κ1) is 148. The number of hydroxylamine groups is 15. The standard InChI is InChI=1S/C17H36N2O5S.C16H34NO2.C16H34O3S.C15H32N2O5S.C15H32N2O2.C7H16N2O2.4Na.O3S/c1-4-11-16(25(22,23)24)12-8-6-5-7-9-13-17(20)18-14-10-15-19(2,3)21;1-4-5-6-7-8-9-10-13-16(18)14-11-12-15-17(2,3)19;1-3-5-7-9-11-13-15-16(20(17,18)19)14-12-10-8-6-4-2;1-14(23(20,21)22)10-7-5-4-6-8-11-15(18)16-12-9-13-17(2,3)19;1-4-5-6-7-8-9-10-12-15(18)16-13-11-14-17(2,3)19;1-7(10)8-5-4-6-9(2,3)11;;;;;1-4(2)3/h16,21H,4-15H2,1-3H3,(H-,18,20,22,23,24);19H,4-15H2,1-3H3;16H,3-15H2,1-2H3,(H,17,18,19);14,19H,4-13H2,1-3H3,(H-,16,18,20,21,22);19H,1,4-14H2,2-3H3,(H,16,18);11H,4-6H2,1-3H3;;;;;/q;+1;;;;;4*+1;. The van der Waals surface area contributed by atoms with Crippen LogP contribution in [0, 0.1) is 6.92 Å². The Morgan fingerprint density at radius 3 is 0.768 bits per heavy atom. The van der Waals surface area contributed by atoms with Crippen LogP contribution in [0.2, 0.25) is 0 Å². The SMILES string of the molecule is CC(=O)NCCC[N+](C)(C)O.CC(CCCCCCCC(=O)NCCC[N+](C)(C)O)S(=O)(=O)[O-].CCCC(CCCCCCCC(=O)NCCC[N+](C)(C)O)S(=O)(=O)[O-].CCCCCCCCC(CCCCCCC)S(=O)(=O)[O-].CCCCCCCCCC(=O)CCCC[N+](C)(C)O.O=S(=O)=O.[CH2-]CCCCCCCCC(=O)NCCC[N+](C)(C)O.[Na+].[Na+].[Na+].[Na+]. The molecular weight excluding hydrogens is 1730 g/mol. The summed E-state index contributed by atoms with van der Waals surface area (Å²) >= 11 is 0. The normalized spacial score (nSPS) is 12.2. The third kappa shape index (κ3) is 143. The Morgan fingerprint density at radius 2 is 0.528 bits per heavy atom. The number of quaternary nitrogens is 5. The molecule has 0 fully saturated rings. The molecule has 39 heteroatoms. The van der Waals surface area contributed by atoms with Crippen molar-refractivity contribution in [3.05, 3.63) is 6.92 Å². The number of carbonyl (C=O) groups is 5. The minimum absolute atomic E-state index is 0. The molecule has 0 aliphatic carbocycles. The van der Waals surface area contributed by atoms with Gasteiger partial charge in [0.1, 0.15) is 38.5 Å². The number of hydrogen-bond donors (Lipinski definition) is 9. The Morgan fingerprint density at radius 1 is 0.312 bits per heavy atom. The van der Waals surface area contributed by atoms with Crippen LogP contribution >= 0.6 is 0 Å². The number of unbranched alkanes of at least 4 members (excludes halogenated alkanes) is 30. The van der Waals surface area contributed by atoms with Crippen molar-refractivity contribution >= 4 is 70.4 Å². The van der Waals surface area contributed by atoms with E-state index in [9.17, 15) is 88.9 Å². The van der Waals surface area contributed by atoms with Crippen LogP contribution in [0.4, 0.5) is 0 Å². The van der Waals surface area contributed by atoms with Gasteiger partial charge >= 0.3 is 129 Å². The van der Waals surface area contributed by atoms with Crippen LogP contribution in [0.3, 0.4) is 0 Å². The second-order valence-electron chi connectivity index (χ2n) is 35.2. The van der Waals surface area contributed by atoms with Gasteiger partial charge in [-0.2, -0.15) is 29.7 Å². The molecule has 0 aliphatic heterocycles. The molecule has 728 valence electrons. The fraction of sp³-hybridized carbons (Fsp3) is 0.930. The second-order valence-corrected chi connectivity index (χ2v) is 40.7. The predicted molar refractivity (Wildman–Crippen MR) is 480 cm³/mol. The minimum Gasteiger partial charge on any atom is -0.748 e. The van der Waals surface area contributed by atoms with Gasteiger partial charge in [0.15, 0.2) is 0 Å². The Bertz CT molecular complexity index is 2880. The molecule has 0 aliphatic rings. The van der Waals surface area contributed by atoms with Crippen LogP contribution < -0.4 is 139 Å². The summed E-state index contributed by atoms with van der Waals surface area (Å²) in [7, 11) is 1.62. The number of ketones is 1. The molecule has 0 saturated carbocycles. The number of rotatable bonds is 71. The molecule has 0 aromatic carbocycles. The quantitative estimate of drug-likeness (QED) is 0.0105. The van der Waals surface area contributed by atoms with Crippen molar-refractivity contribution in [1.29, 1.82) is 0 Å². The molecule has 4 amide bonds. The van der Waals surface area contributed by atoms with Gasteiger partial charge < -0.3 is 41.8 Å². The van der Waals surface area contributed by atoms with E-state index in [1.807, 2.05) is 6.92 Å². The third-order valence-corrected chi connectivity index (χ3v) is 23.4. The van der Waals surface area contributed by atoms with Gasteiger partial charge in [0.05, 0.1) is 101 Å². The molecular formula is C86H184N9Na4O22S4+5. The van der Waals surface area contributed by atoms with Gasteiger partial charge in [-0.05, 0) is 77.6 Å². The number of amides is 4. The monoisotopic (exact) mass is 1920 g/mol. The van der Waals surface area contributed by atoms with Gasteiger partial charge in [0.25, 0.3) is 0 Å². The van der Waals surface area contributed by atoms with E-state index in [0.29, 0.717) is 122 Å². The van der Waals surface area contributed by atoms with Crippen molar-refractivity contribution in [3.8, 4) is 0 Å². The Balaban J connectivity index is -0.000000138. The van der Waals surface area contributed by atoms with Crippen LogP contribution in [0.1, 0.15) is 375 Å². The molecule has 31 nitrogen and oxygen atoms in total. The summed E-state index contributed by atoms with van der Waals surface area (Å²) < 4.78 is 124. The molecule has 0 spiro atoms. The smallest absolute Gasteiger partial charge is 0.748 e. The third-order valence-electron chi connectivity index (χ3n) is 19.6. The van der Waals surface area contributed by atoms with E-state index in [0.717, 1.165) is 180 Å². The van der Waals surface area contributed by atoms with Gasteiger partial charge in [-0.1, -0.05) is 227 Å². The van der Waals surface area contributed by atoms with Crippen molar-refractivity contribution in [2.75, 3.05) is 129 Å². The molecule has 3 unspecified atom stereocenters. The van der Waals surface area contributed by atoms with E-state index in [1.54, 1.807) is 70.5 Å². The van der Waals surface area contributed by atoms with Crippen molar-refractivity contribution in [2.45, 2.75) is 391 Å². The molecule has 0 aromatic heterocycles. The molecule has 125 heavy (non-hydrogen) atoms. The number of Topliss-reactive ketones (excluding diaryl/α,β-unsaturated/α-hetero) is 1. The van der Waals surface area contributed by atoms with Gasteiger partial charge in [-0.3, -0.25) is 24.0 Å². The summed E-state index contributed by atoms with van der Waals surface area (Å²) in [4.78, 5) is 56.8. The topological polar surface area (TPSA) is 457 Å². The van der Waals surface area contributed by atoms with Gasteiger partial charge in [-0.25, -0.2) is 51.3 Å². The average molecular weight is 1920 g/mol. The summed E-state index contributed by atoms with van der Waals surface area (Å²) in [5, 5.41) is 56.2. The molecule has 0 saturated heterocycles. The molecule has 0 aromatic rings. The van der Waals surface area contributed by atoms with Crippen LogP contribution in [0.15, 0.2) is 0 Å². The van der Waals surface area contributed by atoms with Crippen LogP contribution in [-0.2, 0) is 64.9 Å². The summed E-state index contributed by atoms with van der Waals surface area (Å²) in [5.74, 6) is 0.578. The zero-order chi connectivity index (χ0) is 94.2. The maximum Gasteiger partial charge on any atom is 1.00 e. The van der Waals surface area contributed by atoms with Crippen molar-refractivity contribution < 1.29 is 243 Å². The van der Waals surface area contributed by atoms with Gasteiger partial charge in [0, 0.05) is 107 Å². The Hall–Kier alpha value is 0.500. The number of nitrogens with zero attached hydrogens (tertiary/aromatic N) is 5. The average Bonchev–Trinajstić information content (AvgIpc) is 0.900. The maximum absolute atomic E-state index is 11.6. The minimum atomic E-state index is -4.18. The van der Waals surface area contributed by atoms with E-state index in [1.165, 1.54) is 110 Å². The second kappa shape index (κ2) is 96.2. The Kier molecular flexibility index (Phi) is 114. The summed E-state index contributed by atoms with van der Waals surface area (Å²) in [6, 6.07) is 0.